The van der Waals surface area contributed by atoms with E-state index in [0.29, 0.717) is 13.2 Å². The third-order valence-corrected chi connectivity index (χ3v) is 6.47. The van der Waals surface area contributed by atoms with Crippen molar-refractivity contribution in [2.45, 2.75) is 51.0 Å². The number of hydrogen-bond acceptors (Lipinski definition) is 3. The second-order valence-electron chi connectivity index (χ2n) is 8.87. The normalized spacial score (nSPS) is 19.2. The molecule has 0 aromatic heterocycles. The molecule has 3 aromatic rings. The van der Waals surface area contributed by atoms with E-state index in [-0.39, 0.29) is 18.2 Å². The van der Waals surface area contributed by atoms with Gasteiger partial charge in [-0.25, -0.2) is 4.79 Å². The average Bonchev–Trinajstić information content (AvgIpc) is 3.13. The topological polar surface area (TPSA) is 38.8 Å². The fraction of sp³-hybridized carbons (Fsp3) is 0.276. The van der Waals surface area contributed by atoms with Crippen molar-refractivity contribution in [2.24, 2.45) is 0 Å². The molecule has 1 amide bonds. The van der Waals surface area contributed by atoms with Gasteiger partial charge in [0, 0.05) is 6.04 Å². The number of fused-ring (bicyclic) bond motifs is 2. The number of hydrogen-bond donors (Lipinski definition) is 0. The van der Waals surface area contributed by atoms with E-state index >= 15 is 0 Å². The molecule has 4 heteroatoms. The minimum absolute atomic E-state index is 0.138. The van der Waals surface area contributed by atoms with Gasteiger partial charge in [0.05, 0.1) is 6.04 Å². The minimum atomic E-state index is -0.196. The summed E-state index contributed by atoms with van der Waals surface area (Å²) in [5.41, 5.74) is 4.82. The van der Waals surface area contributed by atoms with Crippen LogP contribution in [-0.2, 0) is 24.4 Å². The molecule has 0 N–H and O–H groups in total. The standard InChI is InChI=1S/C29H29NO3/c31-29(33-21-23-10-5-2-6-11-23)30-26-14-15-27(30)18-25(17-26)16-24-12-7-13-28(19-24)32-20-22-8-3-1-4-9-22/h1-13,17,19,26-27H,14-16,18,20-21H2. The quantitative estimate of drug-likeness (QED) is 0.405. The number of amides is 1. The molecule has 33 heavy (non-hydrogen) atoms. The molecule has 2 unspecified atom stereocenters. The number of rotatable bonds is 7. The number of benzene rings is 3. The summed E-state index contributed by atoms with van der Waals surface area (Å²) < 4.78 is 11.6. The van der Waals surface area contributed by atoms with Gasteiger partial charge in [-0.1, -0.05) is 84.4 Å². The first-order valence-corrected chi connectivity index (χ1v) is 11.7. The van der Waals surface area contributed by atoms with E-state index in [2.05, 4.69) is 36.4 Å². The Morgan fingerprint density at radius 3 is 2.24 bits per heavy atom. The minimum Gasteiger partial charge on any atom is -0.489 e. The fourth-order valence-corrected chi connectivity index (χ4v) is 4.88. The largest absolute Gasteiger partial charge is 0.489 e. The maximum absolute atomic E-state index is 12.8. The van der Waals surface area contributed by atoms with Crippen molar-refractivity contribution in [1.29, 1.82) is 0 Å². The lowest BCUT2D eigenvalue weighted by Crippen LogP contribution is -2.43. The van der Waals surface area contributed by atoms with Crippen LogP contribution in [0.2, 0.25) is 0 Å². The molecule has 0 aliphatic carbocycles. The molecule has 2 aliphatic heterocycles. The second kappa shape index (κ2) is 9.95. The fourth-order valence-electron chi connectivity index (χ4n) is 4.88. The van der Waals surface area contributed by atoms with Crippen LogP contribution in [0.25, 0.3) is 0 Å². The summed E-state index contributed by atoms with van der Waals surface area (Å²) in [5.74, 6) is 0.891. The van der Waals surface area contributed by atoms with Crippen LogP contribution >= 0.6 is 0 Å². The molecule has 0 radical (unpaired) electrons. The van der Waals surface area contributed by atoms with Crippen LogP contribution < -0.4 is 4.74 Å². The Kier molecular flexibility index (Phi) is 6.43. The van der Waals surface area contributed by atoms with Gasteiger partial charge in [-0.15, -0.1) is 0 Å². The third kappa shape index (κ3) is 5.28. The third-order valence-electron chi connectivity index (χ3n) is 6.47. The zero-order valence-electron chi connectivity index (χ0n) is 18.7. The van der Waals surface area contributed by atoms with Crippen molar-refractivity contribution in [3.8, 4) is 5.75 Å². The van der Waals surface area contributed by atoms with Crippen LogP contribution in [0.4, 0.5) is 4.79 Å². The number of carbonyl (C=O) groups excluding carboxylic acids is 1. The van der Waals surface area contributed by atoms with Crippen LogP contribution in [0.15, 0.2) is 96.6 Å². The van der Waals surface area contributed by atoms with Crippen LogP contribution in [0.5, 0.6) is 5.75 Å². The summed E-state index contributed by atoms with van der Waals surface area (Å²) in [7, 11) is 0. The zero-order valence-corrected chi connectivity index (χ0v) is 18.7. The summed E-state index contributed by atoms with van der Waals surface area (Å²) >= 11 is 0. The molecule has 3 aromatic carbocycles. The highest BCUT2D eigenvalue weighted by Crippen LogP contribution is 2.36. The first-order chi connectivity index (χ1) is 16.2. The van der Waals surface area contributed by atoms with E-state index in [1.807, 2.05) is 59.5 Å². The summed E-state index contributed by atoms with van der Waals surface area (Å²) in [6.07, 6.45) is 5.93. The van der Waals surface area contributed by atoms with Crippen molar-refractivity contribution in [2.75, 3.05) is 0 Å². The molecule has 2 aliphatic rings. The first-order valence-electron chi connectivity index (χ1n) is 11.7. The van der Waals surface area contributed by atoms with Crippen molar-refractivity contribution in [3.05, 3.63) is 113 Å². The predicted molar refractivity (Wildman–Crippen MR) is 129 cm³/mol. The maximum atomic E-state index is 12.8. The zero-order chi connectivity index (χ0) is 22.5. The lowest BCUT2D eigenvalue weighted by molar-refractivity contribution is 0.0816. The van der Waals surface area contributed by atoms with Crippen LogP contribution in [0.1, 0.15) is 36.0 Å². The lowest BCUT2D eigenvalue weighted by Gasteiger charge is -2.33. The molecular weight excluding hydrogens is 410 g/mol. The summed E-state index contributed by atoms with van der Waals surface area (Å²) in [6.45, 7) is 0.888. The molecule has 168 valence electrons. The van der Waals surface area contributed by atoms with Crippen molar-refractivity contribution in [1.82, 2.24) is 4.90 Å². The van der Waals surface area contributed by atoms with Gasteiger partial charge in [0.15, 0.2) is 0 Å². The van der Waals surface area contributed by atoms with Crippen molar-refractivity contribution in [3.63, 3.8) is 0 Å². The van der Waals surface area contributed by atoms with Gasteiger partial charge in [-0.2, -0.15) is 0 Å². The smallest absolute Gasteiger partial charge is 0.410 e. The summed E-state index contributed by atoms with van der Waals surface area (Å²) in [4.78, 5) is 14.7. The summed E-state index contributed by atoms with van der Waals surface area (Å²) in [5, 5.41) is 0. The molecule has 0 saturated carbocycles. The van der Waals surface area contributed by atoms with Crippen LogP contribution in [-0.4, -0.2) is 23.1 Å². The highest BCUT2D eigenvalue weighted by Gasteiger charge is 2.40. The van der Waals surface area contributed by atoms with Crippen LogP contribution in [0.3, 0.4) is 0 Å². The van der Waals surface area contributed by atoms with Crippen molar-refractivity contribution >= 4 is 6.09 Å². The van der Waals surface area contributed by atoms with Crippen molar-refractivity contribution < 1.29 is 14.3 Å². The molecule has 1 saturated heterocycles. The Bertz CT molecular complexity index is 1110. The average molecular weight is 440 g/mol. The number of carbonyl (C=O) groups is 1. The Balaban J connectivity index is 1.19. The van der Waals surface area contributed by atoms with Gasteiger partial charge in [-0.3, -0.25) is 4.90 Å². The lowest BCUT2D eigenvalue weighted by atomic mass is 9.95. The molecule has 4 nitrogen and oxygen atoms in total. The molecule has 2 heterocycles. The van der Waals surface area contributed by atoms with Gasteiger partial charge >= 0.3 is 6.09 Å². The van der Waals surface area contributed by atoms with E-state index in [9.17, 15) is 4.79 Å². The summed E-state index contributed by atoms with van der Waals surface area (Å²) in [6, 6.07) is 28.8. The highest BCUT2D eigenvalue weighted by atomic mass is 16.6. The van der Waals surface area contributed by atoms with E-state index < -0.39 is 0 Å². The van der Waals surface area contributed by atoms with Gasteiger partial charge < -0.3 is 9.47 Å². The van der Waals surface area contributed by atoms with E-state index in [1.165, 1.54) is 11.1 Å². The number of ether oxygens (including phenoxy) is 2. The van der Waals surface area contributed by atoms with Gasteiger partial charge in [0.2, 0.25) is 0 Å². The maximum Gasteiger partial charge on any atom is 0.410 e. The van der Waals surface area contributed by atoms with Gasteiger partial charge in [-0.05, 0) is 54.5 Å². The molecule has 5 rings (SSSR count). The number of nitrogens with zero attached hydrogens (tertiary/aromatic N) is 1. The Labute approximate surface area is 195 Å². The predicted octanol–water partition coefficient (Wildman–Crippen LogP) is 6.31. The van der Waals surface area contributed by atoms with E-state index in [1.54, 1.807) is 0 Å². The molecule has 0 spiro atoms. The molecule has 1 fully saturated rings. The van der Waals surface area contributed by atoms with E-state index in [0.717, 1.165) is 42.6 Å². The molecular formula is C29H29NO3. The van der Waals surface area contributed by atoms with Gasteiger partial charge in [0.25, 0.3) is 0 Å². The Morgan fingerprint density at radius 2 is 1.52 bits per heavy atom. The first kappa shape index (κ1) is 21.3. The molecule has 2 bridgehead atoms. The SMILES string of the molecule is O=C(OCc1ccccc1)N1C2C=C(Cc3cccc(OCc4ccccc4)c3)CC1CC2. The Morgan fingerprint density at radius 1 is 0.818 bits per heavy atom. The monoisotopic (exact) mass is 439 g/mol. The Hall–Kier alpha value is -3.53. The van der Waals surface area contributed by atoms with Gasteiger partial charge in [0.1, 0.15) is 19.0 Å². The highest BCUT2D eigenvalue weighted by molar-refractivity contribution is 5.70. The van der Waals surface area contributed by atoms with Crippen LogP contribution in [0, 0.1) is 0 Å². The van der Waals surface area contributed by atoms with E-state index in [4.69, 9.17) is 9.47 Å². The molecule has 2 atom stereocenters. The second-order valence-corrected chi connectivity index (χ2v) is 8.87.